The number of hydrogen-bond donors (Lipinski definition) is 1. The molecule has 0 aliphatic carbocycles. The molecule has 4 heteroatoms. The lowest BCUT2D eigenvalue weighted by atomic mass is 10.2. The van der Waals surface area contributed by atoms with Gasteiger partial charge < -0.3 is 10.1 Å². The summed E-state index contributed by atoms with van der Waals surface area (Å²) in [4.78, 5) is 11.2. The molecule has 0 bridgehead atoms. The van der Waals surface area contributed by atoms with E-state index in [1.165, 1.54) is 6.26 Å². The lowest BCUT2D eigenvalue weighted by Crippen LogP contribution is -2.24. The Balaban J connectivity index is 3.14. The summed E-state index contributed by atoms with van der Waals surface area (Å²) < 4.78 is 4.92. The molecule has 0 saturated heterocycles. The van der Waals surface area contributed by atoms with Crippen LogP contribution in [0.25, 0.3) is 0 Å². The van der Waals surface area contributed by atoms with Gasteiger partial charge >= 0.3 is 0 Å². The van der Waals surface area contributed by atoms with Crippen LogP contribution in [-0.4, -0.2) is 24.4 Å². The van der Waals surface area contributed by atoms with E-state index in [0.717, 1.165) is 24.6 Å². The van der Waals surface area contributed by atoms with Crippen molar-refractivity contribution in [3.05, 3.63) is 12.8 Å². The number of carbonyl (C=O) groups excluding carboxylic acids is 1. The second-order valence-electron chi connectivity index (χ2n) is 2.89. The summed E-state index contributed by atoms with van der Waals surface area (Å²) in [5.41, 5.74) is 0. The quantitative estimate of drug-likeness (QED) is 0.394. The molecule has 1 N–H and O–H groups in total. The normalized spacial score (nSPS) is 9.50. The van der Waals surface area contributed by atoms with E-state index in [2.05, 4.69) is 27.8 Å². The van der Waals surface area contributed by atoms with E-state index in [0.29, 0.717) is 19.6 Å². The molecule has 0 aliphatic heterocycles. The molecule has 82 valence electrons. The first-order valence-corrected chi connectivity index (χ1v) is 5.98. The van der Waals surface area contributed by atoms with Crippen LogP contribution in [0.4, 0.5) is 0 Å². The minimum absolute atomic E-state index is 0.129. The Morgan fingerprint density at radius 2 is 2.21 bits per heavy atom. The van der Waals surface area contributed by atoms with Crippen LogP contribution in [0, 0.1) is 0 Å². The molecule has 0 fully saturated rings. The van der Waals surface area contributed by atoms with E-state index in [1.807, 2.05) is 0 Å². The van der Waals surface area contributed by atoms with E-state index in [9.17, 15) is 4.79 Å². The number of halogens is 1. The van der Waals surface area contributed by atoms with Crippen molar-refractivity contribution in [1.29, 1.82) is 0 Å². The van der Waals surface area contributed by atoms with E-state index >= 15 is 0 Å². The maximum Gasteiger partial charge on any atom is 0.219 e. The Labute approximate surface area is 94.0 Å². The van der Waals surface area contributed by atoms with Crippen LogP contribution < -0.4 is 5.32 Å². The van der Waals surface area contributed by atoms with Crippen molar-refractivity contribution in [2.45, 2.75) is 25.7 Å². The molecule has 0 spiro atoms. The van der Waals surface area contributed by atoms with Crippen LogP contribution in [0.1, 0.15) is 25.7 Å². The van der Waals surface area contributed by atoms with Crippen LogP contribution in [0.3, 0.4) is 0 Å². The summed E-state index contributed by atoms with van der Waals surface area (Å²) in [6.07, 6.45) is 4.86. The fraction of sp³-hybridized carbons (Fsp3) is 0.700. The smallest absolute Gasteiger partial charge is 0.219 e. The number of carbonyl (C=O) groups is 1. The second kappa shape index (κ2) is 10.6. The average Bonchev–Trinajstić information content (AvgIpc) is 2.18. The molecular weight excluding hydrogens is 246 g/mol. The average molecular weight is 264 g/mol. The SMILES string of the molecule is C=COCCCNC(=O)CCCCBr. The molecule has 0 aliphatic rings. The zero-order valence-electron chi connectivity index (χ0n) is 8.43. The van der Waals surface area contributed by atoms with Gasteiger partial charge in [-0.1, -0.05) is 22.5 Å². The molecule has 0 rings (SSSR count). The Bertz CT molecular complexity index is 162. The molecule has 0 aromatic rings. The van der Waals surface area contributed by atoms with Crippen molar-refractivity contribution in [2.24, 2.45) is 0 Å². The number of nitrogens with one attached hydrogen (secondary N) is 1. The van der Waals surface area contributed by atoms with E-state index < -0.39 is 0 Å². The van der Waals surface area contributed by atoms with Gasteiger partial charge in [0, 0.05) is 18.3 Å². The van der Waals surface area contributed by atoms with Crippen LogP contribution in [0.15, 0.2) is 12.8 Å². The standard InChI is InChI=1S/C10H18BrNO2/c1-2-14-9-5-8-12-10(13)6-3-4-7-11/h2H,1,3-9H2,(H,12,13). The van der Waals surface area contributed by atoms with Crippen molar-refractivity contribution >= 4 is 21.8 Å². The van der Waals surface area contributed by atoms with Crippen molar-refractivity contribution in [1.82, 2.24) is 5.32 Å². The van der Waals surface area contributed by atoms with Gasteiger partial charge in [-0.2, -0.15) is 0 Å². The fourth-order valence-electron chi connectivity index (χ4n) is 0.935. The minimum Gasteiger partial charge on any atom is -0.502 e. The number of ether oxygens (including phenoxy) is 1. The van der Waals surface area contributed by atoms with Crippen molar-refractivity contribution in [3.63, 3.8) is 0 Å². The van der Waals surface area contributed by atoms with Crippen LogP contribution in [0.5, 0.6) is 0 Å². The monoisotopic (exact) mass is 263 g/mol. The molecule has 0 radical (unpaired) electrons. The summed E-state index contributed by atoms with van der Waals surface area (Å²) in [6, 6.07) is 0. The molecule has 3 nitrogen and oxygen atoms in total. The van der Waals surface area contributed by atoms with Crippen molar-refractivity contribution in [3.8, 4) is 0 Å². The number of hydrogen-bond acceptors (Lipinski definition) is 2. The van der Waals surface area contributed by atoms with Gasteiger partial charge in [-0.05, 0) is 19.3 Å². The topological polar surface area (TPSA) is 38.3 Å². The Kier molecular flexibility index (Phi) is 10.2. The van der Waals surface area contributed by atoms with E-state index in [1.54, 1.807) is 0 Å². The minimum atomic E-state index is 0.129. The summed E-state index contributed by atoms with van der Waals surface area (Å²) in [6.45, 7) is 4.73. The molecule has 0 saturated carbocycles. The maximum absolute atomic E-state index is 11.2. The van der Waals surface area contributed by atoms with Crippen LogP contribution in [-0.2, 0) is 9.53 Å². The third-order valence-corrected chi connectivity index (χ3v) is 2.23. The van der Waals surface area contributed by atoms with Gasteiger partial charge in [0.2, 0.25) is 5.91 Å². The first kappa shape index (κ1) is 13.5. The van der Waals surface area contributed by atoms with Gasteiger partial charge in [0.25, 0.3) is 0 Å². The maximum atomic E-state index is 11.2. The number of amides is 1. The second-order valence-corrected chi connectivity index (χ2v) is 3.68. The summed E-state index contributed by atoms with van der Waals surface area (Å²) in [5.74, 6) is 0.129. The van der Waals surface area contributed by atoms with Gasteiger partial charge in [0.1, 0.15) is 0 Å². The predicted molar refractivity (Wildman–Crippen MR) is 61.4 cm³/mol. The highest BCUT2D eigenvalue weighted by Gasteiger charge is 1.99. The number of rotatable bonds is 9. The molecule has 0 unspecified atom stereocenters. The zero-order valence-corrected chi connectivity index (χ0v) is 10.0. The third kappa shape index (κ3) is 9.58. The molecular formula is C10H18BrNO2. The highest BCUT2D eigenvalue weighted by atomic mass is 79.9. The Morgan fingerprint density at radius 3 is 2.86 bits per heavy atom. The lowest BCUT2D eigenvalue weighted by molar-refractivity contribution is -0.121. The van der Waals surface area contributed by atoms with E-state index in [4.69, 9.17) is 4.74 Å². The van der Waals surface area contributed by atoms with Crippen LogP contribution in [0.2, 0.25) is 0 Å². The number of alkyl halides is 1. The van der Waals surface area contributed by atoms with Gasteiger partial charge in [0.05, 0.1) is 12.9 Å². The molecule has 0 aromatic heterocycles. The molecule has 1 amide bonds. The fourth-order valence-corrected chi connectivity index (χ4v) is 1.33. The van der Waals surface area contributed by atoms with Crippen molar-refractivity contribution < 1.29 is 9.53 Å². The highest BCUT2D eigenvalue weighted by Crippen LogP contribution is 1.97. The summed E-state index contributed by atoms with van der Waals surface area (Å²) in [5, 5.41) is 3.80. The van der Waals surface area contributed by atoms with Gasteiger partial charge in [0.15, 0.2) is 0 Å². The first-order chi connectivity index (χ1) is 6.81. The molecule has 0 heterocycles. The van der Waals surface area contributed by atoms with Gasteiger partial charge in [-0.15, -0.1) is 0 Å². The summed E-state index contributed by atoms with van der Waals surface area (Å²) in [7, 11) is 0. The zero-order chi connectivity index (χ0) is 10.6. The summed E-state index contributed by atoms with van der Waals surface area (Å²) >= 11 is 3.32. The van der Waals surface area contributed by atoms with Crippen molar-refractivity contribution in [2.75, 3.05) is 18.5 Å². The van der Waals surface area contributed by atoms with Crippen LogP contribution >= 0.6 is 15.9 Å². The third-order valence-electron chi connectivity index (χ3n) is 1.67. The molecule has 0 aromatic carbocycles. The number of unbranched alkanes of at least 4 members (excludes halogenated alkanes) is 1. The predicted octanol–water partition coefficient (Wildman–Crippen LogP) is 2.22. The van der Waals surface area contributed by atoms with Gasteiger partial charge in [-0.25, -0.2) is 0 Å². The van der Waals surface area contributed by atoms with E-state index in [-0.39, 0.29) is 5.91 Å². The Hall–Kier alpha value is -0.510. The van der Waals surface area contributed by atoms with Gasteiger partial charge in [-0.3, -0.25) is 4.79 Å². The first-order valence-electron chi connectivity index (χ1n) is 4.86. The largest absolute Gasteiger partial charge is 0.502 e. The molecule has 0 atom stereocenters. The Morgan fingerprint density at radius 1 is 1.43 bits per heavy atom. The lowest BCUT2D eigenvalue weighted by Gasteiger charge is -2.04. The molecule has 14 heavy (non-hydrogen) atoms. The highest BCUT2D eigenvalue weighted by molar-refractivity contribution is 9.09.